The van der Waals surface area contributed by atoms with Gasteiger partial charge in [0.2, 0.25) is 0 Å². The minimum atomic E-state index is -3.81. The minimum absolute atomic E-state index is 0.0218. The van der Waals surface area contributed by atoms with Crippen LogP contribution in [-0.2, 0) is 10.0 Å². The van der Waals surface area contributed by atoms with Gasteiger partial charge < -0.3 is 5.43 Å². The van der Waals surface area contributed by atoms with Crippen molar-refractivity contribution in [3.05, 3.63) is 52.5 Å². The quantitative estimate of drug-likeness (QED) is 0.593. The van der Waals surface area contributed by atoms with Crippen molar-refractivity contribution in [2.24, 2.45) is 5.84 Å². The van der Waals surface area contributed by atoms with Gasteiger partial charge >= 0.3 is 0 Å². The van der Waals surface area contributed by atoms with Crippen LogP contribution in [-0.4, -0.2) is 8.42 Å². The third kappa shape index (κ3) is 3.16. The summed E-state index contributed by atoms with van der Waals surface area (Å²) in [5.41, 5.74) is 2.86. The van der Waals surface area contributed by atoms with Gasteiger partial charge in [0.05, 0.1) is 16.4 Å². The van der Waals surface area contributed by atoms with Crippen LogP contribution in [0.4, 0.5) is 11.4 Å². The average molecular weight is 332 g/mol. The number of nitrogen functional groups attached to an aromatic ring is 1. The van der Waals surface area contributed by atoms with Gasteiger partial charge in [-0.3, -0.25) is 10.6 Å². The largest absolute Gasteiger partial charge is 0.323 e. The summed E-state index contributed by atoms with van der Waals surface area (Å²) in [4.78, 5) is 0.0218. The maximum atomic E-state index is 12.3. The van der Waals surface area contributed by atoms with Crippen LogP contribution in [0.2, 0.25) is 10.0 Å². The van der Waals surface area contributed by atoms with Gasteiger partial charge in [-0.25, -0.2) is 8.42 Å². The second-order valence-electron chi connectivity index (χ2n) is 3.87. The highest BCUT2D eigenvalue weighted by Crippen LogP contribution is 2.29. The molecule has 0 unspecified atom stereocenters. The highest BCUT2D eigenvalue weighted by atomic mass is 35.5. The summed E-state index contributed by atoms with van der Waals surface area (Å²) < 4.78 is 27.0. The van der Waals surface area contributed by atoms with Crippen LogP contribution >= 0.6 is 23.2 Å². The number of rotatable bonds is 4. The first kappa shape index (κ1) is 14.9. The third-order valence-corrected chi connectivity index (χ3v) is 4.48. The summed E-state index contributed by atoms with van der Waals surface area (Å²) in [6.07, 6.45) is 0. The molecule has 0 amide bonds. The highest BCUT2D eigenvalue weighted by Gasteiger charge is 2.19. The SMILES string of the molecule is NNc1ccccc1S(=O)(=O)Nc1ccc(Cl)cc1Cl. The molecule has 0 atom stereocenters. The van der Waals surface area contributed by atoms with E-state index in [1.54, 1.807) is 24.3 Å². The molecule has 0 fully saturated rings. The number of para-hydroxylation sites is 1. The average Bonchev–Trinajstić information content (AvgIpc) is 2.42. The van der Waals surface area contributed by atoms with Crippen molar-refractivity contribution >= 4 is 44.6 Å². The summed E-state index contributed by atoms with van der Waals surface area (Å²) in [5.74, 6) is 5.30. The van der Waals surface area contributed by atoms with Gasteiger partial charge in [0.15, 0.2) is 0 Å². The van der Waals surface area contributed by atoms with E-state index in [-0.39, 0.29) is 21.3 Å². The second-order valence-corrected chi connectivity index (χ2v) is 6.36. The molecule has 8 heteroatoms. The maximum Gasteiger partial charge on any atom is 0.264 e. The fourth-order valence-electron chi connectivity index (χ4n) is 1.59. The molecule has 106 valence electrons. The topological polar surface area (TPSA) is 84.2 Å². The number of benzene rings is 2. The molecule has 0 bridgehead atoms. The normalized spacial score (nSPS) is 11.2. The summed E-state index contributed by atoms with van der Waals surface area (Å²) in [6.45, 7) is 0. The smallest absolute Gasteiger partial charge is 0.264 e. The van der Waals surface area contributed by atoms with Crippen LogP contribution < -0.4 is 16.0 Å². The van der Waals surface area contributed by atoms with Crippen LogP contribution in [0.5, 0.6) is 0 Å². The lowest BCUT2D eigenvalue weighted by Crippen LogP contribution is -2.17. The zero-order chi connectivity index (χ0) is 14.8. The van der Waals surface area contributed by atoms with Crippen LogP contribution in [0.3, 0.4) is 0 Å². The molecule has 0 spiro atoms. The van der Waals surface area contributed by atoms with Gasteiger partial charge in [0, 0.05) is 5.02 Å². The summed E-state index contributed by atoms with van der Waals surface area (Å²) in [6, 6.07) is 10.7. The monoisotopic (exact) mass is 331 g/mol. The number of anilines is 2. The molecular formula is C12H11Cl2N3O2S. The Balaban J connectivity index is 2.41. The van der Waals surface area contributed by atoms with Gasteiger partial charge in [0.25, 0.3) is 10.0 Å². The van der Waals surface area contributed by atoms with Crippen molar-refractivity contribution in [1.82, 2.24) is 0 Å². The first-order valence-electron chi connectivity index (χ1n) is 5.47. The summed E-state index contributed by atoms with van der Waals surface area (Å²) >= 11 is 11.7. The molecule has 0 aromatic heterocycles. The molecular weight excluding hydrogens is 321 g/mol. The molecule has 20 heavy (non-hydrogen) atoms. The van der Waals surface area contributed by atoms with Crippen LogP contribution in [0.1, 0.15) is 0 Å². The van der Waals surface area contributed by atoms with E-state index in [1.807, 2.05) is 0 Å². The molecule has 0 saturated heterocycles. The molecule has 2 aromatic rings. The Kier molecular flexibility index (Phi) is 4.39. The van der Waals surface area contributed by atoms with E-state index in [0.29, 0.717) is 5.02 Å². The van der Waals surface area contributed by atoms with Crippen LogP contribution in [0, 0.1) is 0 Å². The lowest BCUT2D eigenvalue weighted by molar-refractivity contribution is 0.601. The predicted octanol–water partition coefficient (Wildman–Crippen LogP) is 3.08. The van der Waals surface area contributed by atoms with Crippen molar-refractivity contribution in [2.75, 3.05) is 10.1 Å². The van der Waals surface area contributed by atoms with E-state index in [0.717, 1.165) is 0 Å². The van der Waals surface area contributed by atoms with Gasteiger partial charge in [-0.05, 0) is 30.3 Å². The Morgan fingerprint density at radius 3 is 2.35 bits per heavy atom. The number of nitrogens with two attached hydrogens (primary N) is 1. The van der Waals surface area contributed by atoms with Gasteiger partial charge in [-0.15, -0.1) is 0 Å². The van der Waals surface area contributed by atoms with Crippen LogP contribution in [0.15, 0.2) is 47.4 Å². The Morgan fingerprint density at radius 2 is 1.70 bits per heavy atom. The molecule has 0 aliphatic rings. The van der Waals surface area contributed by atoms with Crippen LogP contribution in [0.25, 0.3) is 0 Å². The fourth-order valence-corrected chi connectivity index (χ4v) is 3.36. The predicted molar refractivity (Wildman–Crippen MR) is 81.5 cm³/mol. The fraction of sp³-hybridized carbons (Fsp3) is 0. The summed E-state index contributed by atoms with van der Waals surface area (Å²) in [5, 5.41) is 0.626. The number of hydrogen-bond donors (Lipinski definition) is 3. The third-order valence-electron chi connectivity index (χ3n) is 2.51. The summed E-state index contributed by atoms with van der Waals surface area (Å²) in [7, 11) is -3.81. The van der Waals surface area contributed by atoms with Crippen molar-refractivity contribution in [3.8, 4) is 0 Å². The van der Waals surface area contributed by atoms with Crippen molar-refractivity contribution in [2.45, 2.75) is 4.90 Å². The lowest BCUT2D eigenvalue weighted by Gasteiger charge is -2.12. The van der Waals surface area contributed by atoms with E-state index < -0.39 is 10.0 Å². The van der Waals surface area contributed by atoms with E-state index in [9.17, 15) is 8.42 Å². The van der Waals surface area contributed by atoms with E-state index in [2.05, 4.69) is 10.1 Å². The van der Waals surface area contributed by atoms with Gasteiger partial charge in [-0.1, -0.05) is 35.3 Å². The zero-order valence-corrected chi connectivity index (χ0v) is 12.4. The van der Waals surface area contributed by atoms with E-state index in [1.165, 1.54) is 18.2 Å². The Labute approximate surface area is 126 Å². The van der Waals surface area contributed by atoms with Crippen molar-refractivity contribution < 1.29 is 8.42 Å². The van der Waals surface area contributed by atoms with Crippen molar-refractivity contribution in [1.29, 1.82) is 0 Å². The number of hydrogen-bond acceptors (Lipinski definition) is 4. The standard InChI is InChI=1S/C12H11Cl2N3O2S/c13-8-5-6-10(9(14)7-8)17-20(18,19)12-4-2-1-3-11(12)16-15/h1-7,16-17H,15H2. The van der Waals surface area contributed by atoms with Gasteiger partial charge in [-0.2, -0.15) is 0 Å². The minimum Gasteiger partial charge on any atom is -0.323 e. The lowest BCUT2D eigenvalue weighted by atomic mass is 10.3. The van der Waals surface area contributed by atoms with Gasteiger partial charge in [0.1, 0.15) is 4.90 Å². The Hall–Kier alpha value is -1.47. The number of halogens is 2. The number of hydrazine groups is 1. The second kappa shape index (κ2) is 5.88. The molecule has 0 aliphatic carbocycles. The Bertz CT molecular complexity index is 735. The first-order chi connectivity index (χ1) is 9.44. The molecule has 2 aromatic carbocycles. The molecule has 0 aliphatic heterocycles. The molecule has 5 nitrogen and oxygen atoms in total. The molecule has 0 saturated carbocycles. The van der Waals surface area contributed by atoms with E-state index >= 15 is 0 Å². The number of nitrogens with one attached hydrogen (secondary N) is 2. The molecule has 0 radical (unpaired) electrons. The maximum absolute atomic E-state index is 12.3. The number of sulfonamides is 1. The molecule has 0 heterocycles. The van der Waals surface area contributed by atoms with Crippen molar-refractivity contribution in [3.63, 3.8) is 0 Å². The molecule has 2 rings (SSSR count). The van der Waals surface area contributed by atoms with E-state index in [4.69, 9.17) is 29.0 Å². The first-order valence-corrected chi connectivity index (χ1v) is 7.71. The molecule has 4 N–H and O–H groups in total. The Morgan fingerprint density at radius 1 is 1.00 bits per heavy atom. The highest BCUT2D eigenvalue weighted by molar-refractivity contribution is 7.92. The zero-order valence-electron chi connectivity index (χ0n) is 10.1.